The number of aliphatic carboxylic acids is 1. The lowest BCUT2D eigenvalue weighted by Gasteiger charge is -2.13. The van der Waals surface area contributed by atoms with Gasteiger partial charge < -0.3 is 10.4 Å². The van der Waals surface area contributed by atoms with Gasteiger partial charge in [0.1, 0.15) is 6.04 Å². The average Bonchev–Trinajstić information content (AvgIpc) is 2.35. The predicted octanol–water partition coefficient (Wildman–Crippen LogP) is 0.413. The van der Waals surface area contributed by atoms with E-state index in [9.17, 15) is 9.59 Å². The number of nitrogens with one attached hydrogen (secondary N) is 1. The van der Waals surface area contributed by atoms with E-state index < -0.39 is 17.9 Å². The Morgan fingerprint density at radius 1 is 1.53 bits per heavy atom. The number of nitrogens with zero attached hydrogens (tertiary/aromatic N) is 2. The third-order valence-electron chi connectivity index (χ3n) is 2.06. The zero-order chi connectivity index (χ0) is 12.7. The van der Waals surface area contributed by atoms with Crippen LogP contribution in [0.15, 0.2) is 18.5 Å². The first-order chi connectivity index (χ1) is 8.15. The second-order valence-electron chi connectivity index (χ2n) is 3.28. The van der Waals surface area contributed by atoms with Crippen LogP contribution in [0.1, 0.15) is 16.8 Å². The summed E-state index contributed by atoms with van der Waals surface area (Å²) in [4.78, 5) is 22.6. The summed E-state index contributed by atoms with van der Waals surface area (Å²) in [5.41, 5.74) is 0.301. The molecule has 0 spiro atoms. The van der Waals surface area contributed by atoms with Crippen molar-refractivity contribution in [2.24, 2.45) is 0 Å². The summed E-state index contributed by atoms with van der Waals surface area (Å²) in [7, 11) is 0. The van der Waals surface area contributed by atoms with Gasteiger partial charge in [-0.25, -0.2) is 4.79 Å². The summed E-state index contributed by atoms with van der Waals surface area (Å²) in [6.07, 6.45) is 4.95. The molecule has 0 unspecified atom stereocenters. The highest BCUT2D eigenvalue weighted by Gasteiger charge is 2.20. The highest BCUT2D eigenvalue weighted by atomic mass is 32.2. The average molecular weight is 255 g/mol. The zero-order valence-electron chi connectivity index (χ0n) is 9.29. The first-order valence-corrected chi connectivity index (χ1v) is 6.34. The Morgan fingerprint density at radius 2 is 2.29 bits per heavy atom. The van der Waals surface area contributed by atoms with Crippen molar-refractivity contribution in [1.29, 1.82) is 0 Å². The number of carbonyl (C=O) groups excluding carboxylic acids is 1. The molecule has 0 saturated heterocycles. The van der Waals surface area contributed by atoms with E-state index in [0.717, 1.165) is 0 Å². The normalized spacial score (nSPS) is 11.8. The molecule has 1 heterocycles. The van der Waals surface area contributed by atoms with Crippen molar-refractivity contribution in [2.75, 3.05) is 12.0 Å². The second-order valence-corrected chi connectivity index (χ2v) is 4.26. The fourth-order valence-corrected chi connectivity index (χ4v) is 1.63. The van der Waals surface area contributed by atoms with Gasteiger partial charge in [0.05, 0.1) is 18.0 Å². The lowest BCUT2D eigenvalue weighted by Crippen LogP contribution is -2.41. The molecule has 17 heavy (non-hydrogen) atoms. The molecule has 0 aromatic carbocycles. The van der Waals surface area contributed by atoms with Crippen molar-refractivity contribution >= 4 is 23.6 Å². The van der Waals surface area contributed by atoms with Crippen LogP contribution in [0.5, 0.6) is 0 Å². The Balaban J connectivity index is 2.61. The number of hydrogen-bond acceptors (Lipinski definition) is 5. The van der Waals surface area contributed by atoms with Gasteiger partial charge in [0, 0.05) is 0 Å². The van der Waals surface area contributed by atoms with E-state index in [1.165, 1.54) is 30.2 Å². The number of rotatable bonds is 6. The third kappa shape index (κ3) is 4.39. The van der Waals surface area contributed by atoms with Gasteiger partial charge in [-0.3, -0.25) is 4.79 Å². The van der Waals surface area contributed by atoms with E-state index in [2.05, 4.69) is 15.5 Å². The molecule has 1 amide bonds. The van der Waals surface area contributed by atoms with Crippen LogP contribution in [-0.2, 0) is 4.79 Å². The predicted molar refractivity (Wildman–Crippen MR) is 63.9 cm³/mol. The summed E-state index contributed by atoms with van der Waals surface area (Å²) in [6.45, 7) is 0. The Morgan fingerprint density at radius 3 is 2.82 bits per heavy atom. The molecule has 0 bridgehead atoms. The molecule has 7 heteroatoms. The third-order valence-corrected chi connectivity index (χ3v) is 2.70. The van der Waals surface area contributed by atoms with Crippen molar-refractivity contribution in [2.45, 2.75) is 12.5 Å². The van der Waals surface area contributed by atoms with Crippen molar-refractivity contribution < 1.29 is 14.7 Å². The van der Waals surface area contributed by atoms with Crippen molar-refractivity contribution in [3.8, 4) is 0 Å². The molecule has 6 nitrogen and oxygen atoms in total. The first kappa shape index (κ1) is 13.4. The minimum absolute atomic E-state index is 0.301. The maximum Gasteiger partial charge on any atom is 0.326 e. The molecular formula is C10H13N3O3S. The largest absolute Gasteiger partial charge is 0.480 e. The van der Waals surface area contributed by atoms with Gasteiger partial charge >= 0.3 is 5.97 Å². The van der Waals surface area contributed by atoms with Crippen molar-refractivity contribution in [3.05, 3.63) is 24.0 Å². The van der Waals surface area contributed by atoms with E-state index in [4.69, 9.17) is 5.11 Å². The summed E-state index contributed by atoms with van der Waals surface area (Å²) >= 11 is 1.53. The number of amides is 1. The molecule has 0 saturated carbocycles. The maximum atomic E-state index is 11.7. The van der Waals surface area contributed by atoms with Gasteiger partial charge in [0.15, 0.2) is 0 Å². The molecule has 0 aliphatic heterocycles. The molecule has 1 aromatic rings. The smallest absolute Gasteiger partial charge is 0.326 e. The van der Waals surface area contributed by atoms with Gasteiger partial charge in [-0.2, -0.15) is 22.0 Å². The molecule has 2 N–H and O–H groups in total. The van der Waals surface area contributed by atoms with Crippen molar-refractivity contribution in [1.82, 2.24) is 15.5 Å². The summed E-state index contributed by atoms with van der Waals surface area (Å²) in [5, 5.41) is 18.5. The Kier molecular flexibility index (Phi) is 5.41. The minimum atomic E-state index is -1.03. The van der Waals surface area contributed by atoms with Gasteiger partial charge in [0.2, 0.25) is 0 Å². The van der Waals surface area contributed by atoms with Gasteiger partial charge in [-0.05, 0) is 24.5 Å². The quantitative estimate of drug-likeness (QED) is 0.765. The van der Waals surface area contributed by atoms with Gasteiger partial charge in [0.25, 0.3) is 5.91 Å². The van der Waals surface area contributed by atoms with E-state index in [1.54, 1.807) is 0 Å². The molecule has 1 rings (SSSR count). The Labute approximate surface area is 103 Å². The summed E-state index contributed by atoms with van der Waals surface area (Å²) in [5.74, 6) is -0.811. The van der Waals surface area contributed by atoms with Crippen LogP contribution in [-0.4, -0.2) is 45.2 Å². The number of thioether (sulfide) groups is 1. The van der Waals surface area contributed by atoms with Gasteiger partial charge in [-0.15, -0.1) is 0 Å². The molecule has 1 atom stereocenters. The van der Waals surface area contributed by atoms with Crippen LogP contribution >= 0.6 is 11.8 Å². The van der Waals surface area contributed by atoms with E-state index >= 15 is 0 Å². The van der Waals surface area contributed by atoms with E-state index in [-0.39, 0.29) is 0 Å². The maximum absolute atomic E-state index is 11.7. The monoisotopic (exact) mass is 255 g/mol. The molecule has 0 aliphatic carbocycles. The van der Waals surface area contributed by atoms with Crippen molar-refractivity contribution in [3.63, 3.8) is 0 Å². The highest BCUT2D eigenvalue weighted by Crippen LogP contribution is 2.03. The number of hydrogen-bond donors (Lipinski definition) is 2. The summed E-state index contributed by atoms with van der Waals surface area (Å²) < 4.78 is 0. The fraction of sp³-hybridized carbons (Fsp3) is 0.400. The fourth-order valence-electron chi connectivity index (χ4n) is 1.16. The molecule has 0 fully saturated rings. The standard InChI is InChI=1S/C10H13N3O3S/c1-17-5-3-8(10(15)16)13-9(14)7-2-4-11-12-6-7/h2,4,6,8H,3,5H2,1H3,(H,13,14)(H,15,16)/t8-/m0/s1. The summed E-state index contributed by atoms with van der Waals surface area (Å²) in [6, 6.07) is 0.610. The minimum Gasteiger partial charge on any atom is -0.480 e. The van der Waals surface area contributed by atoms with Crippen LogP contribution in [0, 0.1) is 0 Å². The molecule has 0 radical (unpaired) electrons. The zero-order valence-corrected chi connectivity index (χ0v) is 10.1. The van der Waals surface area contributed by atoms with Crippen LogP contribution in [0.2, 0.25) is 0 Å². The van der Waals surface area contributed by atoms with Crippen LogP contribution in [0.25, 0.3) is 0 Å². The van der Waals surface area contributed by atoms with Crippen LogP contribution in [0.3, 0.4) is 0 Å². The topological polar surface area (TPSA) is 92.2 Å². The van der Waals surface area contributed by atoms with Crippen LogP contribution in [0.4, 0.5) is 0 Å². The van der Waals surface area contributed by atoms with E-state index in [1.807, 2.05) is 6.26 Å². The first-order valence-electron chi connectivity index (χ1n) is 4.94. The van der Waals surface area contributed by atoms with Crippen LogP contribution < -0.4 is 5.32 Å². The van der Waals surface area contributed by atoms with Gasteiger partial charge in [-0.1, -0.05) is 0 Å². The molecular weight excluding hydrogens is 242 g/mol. The lowest BCUT2D eigenvalue weighted by molar-refractivity contribution is -0.139. The molecule has 92 valence electrons. The van der Waals surface area contributed by atoms with E-state index in [0.29, 0.717) is 17.7 Å². The number of carbonyl (C=O) groups is 2. The highest BCUT2D eigenvalue weighted by molar-refractivity contribution is 7.98. The SMILES string of the molecule is CSCC[C@H](NC(=O)c1ccnnc1)C(=O)O. The number of aromatic nitrogens is 2. The molecule has 0 aliphatic rings. The Hall–Kier alpha value is -1.63. The number of carboxylic acids is 1. The second kappa shape index (κ2) is 6.85. The number of carboxylic acid groups (broad SMARTS) is 1. The Bertz CT molecular complexity index is 386. The molecule has 1 aromatic heterocycles. The lowest BCUT2D eigenvalue weighted by atomic mass is 10.2.